The van der Waals surface area contributed by atoms with Crippen LogP contribution in [0.25, 0.3) is 11.9 Å². The van der Waals surface area contributed by atoms with Crippen LogP contribution in [0.4, 0.5) is 5.82 Å². The summed E-state index contributed by atoms with van der Waals surface area (Å²) in [7, 11) is 0. The first kappa shape index (κ1) is 15.8. The molecule has 0 atom stereocenters. The van der Waals surface area contributed by atoms with Crippen molar-refractivity contribution in [2.45, 2.75) is 6.92 Å². The van der Waals surface area contributed by atoms with Gasteiger partial charge in [0, 0.05) is 24.5 Å². The van der Waals surface area contributed by atoms with Gasteiger partial charge < -0.3 is 14.8 Å². The smallest absolute Gasteiger partial charge is 0.249 e. The number of benzene rings is 1. The van der Waals surface area contributed by atoms with Crippen LogP contribution in [0.1, 0.15) is 11.4 Å². The molecule has 0 fully saturated rings. The lowest BCUT2D eigenvalue weighted by Gasteiger charge is -2.06. The summed E-state index contributed by atoms with van der Waals surface area (Å²) in [4.78, 5) is 24.6. The molecule has 26 heavy (non-hydrogen) atoms. The number of imidazole rings is 1. The fourth-order valence-electron chi connectivity index (χ4n) is 2.52. The number of aryl methyl sites for hydroxylation is 1. The molecule has 1 aliphatic rings. The monoisotopic (exact) mass is 349 g/mol. The first-order valence-corrected chi connectivity index (χ1v) is 7.90. The summed E-state index contributed by atoms with van der Waals surface area (Å²) in [6, 6.07) is 7.16. The maximum Gasteiger partial charge on any atom is 0.249 e. The number of rotatable bonds is 4. The van der Waals surface area contributed by atoms with Crippen molar-refractivity contribution in [2.24, 2.45) is 0 Å². The third-order valence-corrected chi connectivity index (χ3v) is 3.80. The van der Waals surface area contributed by atoms with Gasteiger partial charge in [-0.15, -0.1) is 0 Å². The number of amides is 1. The van der Waals surface area contributed by atoms with Crippen LogP contribution in [-0.4, -0.2) is 32.2 Å². The molecule has 1 amide bonds. The van der Waals surface area contributed by atoms with Crippen LogP contribution in [0.5, 0.6) is 11.5 Å². The van der Waals surface area contributed by atoms with E-state index in [1.165, 1.54) is 12.4 Å². The van der Waals surface area contributed by atoms with E-state index in [1.807, 2.05) is 25.1 Å². The van der Waals surface area contributed by atoms with Crippen molar-refractivity contribution in [3.05, 3.63) is 60.5 Å². The zero-order chi connectivity index (χ0) is 17.9. The number of hydrogen-bond donors (Lipinski definition) is 1. The van der Waals surface area contributed by atoms with Crippen LogP contribution in [0.3, 0.4) is 0 Å². The first-order valence-electron chi connectivity index (χ1n) is 7.90. The van der Waals surface area contributed by atoms with E-state index < -0.39 is 0 Å². The molecule has 1 aliphatic heterocycles. The summed E-state index contributed by atoms with van der Waals surface area (Å²) in [5.74, 6) is 2.91. The van der Waals surface area contributed by atoms with Gasteiger partial charge in [-0.2, -0.15) is 0 Å². The molecule has 1 aromatic carbocycles. The van der Waals surface area contributed by atoms with E-state index in [4.69, 9.17) is 9.47 Å². The second kappa shape index (κ2) is 6.67. The van der Waals surface area contributed by atoms with E-state index in [1.54, 1.807) is 29.1 Å². The molecule has 8 nitrogen and oxygen atoms in total. The predicted octanol–water partition coefficient (Wildman–Crippen LogP) is 2.35. The number of hydrogen-bond acceptors (Lipinski definition) is 6. The Morgan fingerprint density at radius 2 is 2.08 bits per heavy atom. The summed E-state index contributed by atoms with van der Waals surface area (Å²) in [5, 5.41) is 2.72. The molecule has 0 saturated heterocycles. The lowest BCUT2D eigenvalue weighted by molar-refractivity contribution is -0.111. The van der Waals surface area contributed by atoms with Gasteiger partial charge in [-0.05, 0) is 30.7 Å². The Bertz CT molecular complexity index is 996. The second-order valence-corrected chi connectivity index (χ2v) is 5.54. The Morgan fingerprint density at radius 3 is 2.92 bits per heavy atom. The number of fused-ring (bicyclic) bond motifs is 1. The molecule has 0 unspecified atom stereocenters. The lowest BCUT2D eigenvalue weighted by Crippen LogP contribution is -2.10. The normalized spacial score (nSPS) is 12.5. The van der Waals surface area contributed by atoms with E-state index in [0.29, 0.717) is 23.1 Å². The summed E-state index contributed by atoms with van der Waals surface area (Å²) < 4.78 is 12.4. The third kappa shape index (κ3) is 3.25. The Labute approximate surface area is 149 Å². The standard InChI is InChI=1S/C18H15N5O3/c1-12-19-6-7-23(12)17-9-16(20-10-21-17)22-18(24)5-3-13-2-4-14-15(8-13)26-11-25-14/h2-10H,11H2,1H3,(H,20,21,22,24)/b5-3+. The van der Waals surface area contributed by atoms with Crippen LogP contribution in [0.15, 0.2) is 49.1 Å². The van der Waals surface area contributed by atoms with E-state index in [2.05, 4.69) is 20.3 Å². The minimum atomic E-state index is -0.297. The second-order valence-electron chi connectivity index (χ2n) is 5.54. The third-order valence-electron chi connectivity index (χ3n) is 3.80. The first-order chi connectivity index (χ1) is 12.7. The summed E-state index contributed by atoms with van der Waals surface area (Å²) >= 11 is 0. The summed E-state index contributed by atoms with van der Waals surface area (Å²) in [6.45, 7) is 2.09. The van der Waals surface area contributed by atoms with Gasteiger partial charge in [-0.3, -0.25) is 9.36 Å². The molecule has 3 heterocycles. The molecular formula is C18H15N5O3. The van der Waals surface area contributed by atoms with E-state index in [0.717, 1.165) is 11.4 Å². The average molecular weight is 349 g/mol. The summed E-state index contributed by atoms with van der Waals surface area (Å²) in [6.07, 6.45) is 8.00. The van der Waals surface area contributed by atoms with Gasteiger partial charge in [0.15, 0.2) is 11.5 Å². The maximum atomic E-state index is 12.2. The Balaban J connectivity index is 1.46. The molecule has 0 spiro atoms. The Hall–Kier alpha value is -3.68. The highest BCUT2D eigenvalue weighted by molar-refractivity contribution is 6.01. The molecule has 3 aromatic rings. The molecule has 130 valence electrons. The number of aromatic nitrogens is 4. The van der Waals surface area contributed by atoms with Crippen molar-refractivity contribution in [1.82, 2.24) is 19.5 Å². The zero-order valence-corrected chi connectivity index (χ0v) is 13.9. The van der Waals surface area contributed by atoms with Crippen LogP contribution in [0.2, 0.25) is 0 Å². The van der Waals surface area contributed by atoms with Crippen molar-refractivity contribution >= 4 is 17.8 Å². The number of ether oxygens (including phenoxy) is 2. The SMILES string of the molecule is Cc1nccn1-c1cc(NC(=O)/C=C/c2ccc3c(c2)OCO3)ncn1. The Kier molecular flexibility index (Phi) is 4.06. The molecule has 0 radical (unpaired) electrons. The predicted molar refractivity (Wildman–Crippen MR) is 94.1 cm³/mol. The van der Waals surface area contributed by atoms with Gasteiger partial charge in [0.05, 0.1) is 0 Å². The highest BCUT2D eigenvalue weighted by Crippen LogP contribution is 2.32. The molecule has 0 aliphatic carbocycles. The quantitative estimate of drug-likeness (QED) is 0.727. The Morgan fingerprint density at radius 1 is 1.19 bits per heavy atom. The van der Waals surface area contributed by atoms with E-state index in [9.17, 15) is 4.79 Å². The minimum absolute atomic E-state index is 0.218. The van der Waals surface area contributed by atoms with Crippen molar-refractivity contribution in [1.29, 1.82) is 0 Å². The van der Waals surface area contributed by atoms with Crippen LogP contribution in [-0.2, 0) is 4.79 Å². The van der Waals surface area contributed by atoms with Crippen LogP contribution in [0, 0.1) is 6.92 Å². The van der Waals surface area contributed by atoms with Crippen LogP contribution >= 0.6 is 0 Å². The molecule has 0 bridgehead atoms. The van der Waals surface area contributed by atoms with E-state index in [-0.39, 0.29) is 12.7 Å². The molecule has 8 heteroatoms. The lowest BCUT2D eigenvalue weighted by atomic mass is 10.2. The zero-order valence-electron chi connectivity index (χ0n) is 13.9. The fraction of sp³-hybridized carbons (Fsp3) is 0.111. The number of nitrogens with one attached hydrogen (secondary N) is 1. The topological polar surface area (TPSA) is 91.2 Å². The van der Waals surface area contributed by atoms with Crippen LogP contribution < -0.4 is 14.8 Å². The summed E-state index contributed by atoms with van der Waals surface area (Å²) in [5.41, 5.74) is 0.835. The van der Waals surface area contributed by atoms with Crippen molar-refractivity contribution in [3.8, 4) is 17.3 Å². The fourth-order valence-corrected chi connectivity index (χ4v) is 2.52. The number of anilines is 1. The van der Waals surface area contributed by atoms with E-state index >= 15 is 0 Å². The average Bonchev–Trinajstić information content (AvgIpc) is 3.28. The van der Waals surface area contributed by atoms with Gasteiger partial charge in [-0.25, -0.2) is 15.0 Å². The molecular weight excluding hydrogens is 334 g/mol. The minimum Gasteiger partial charge on any atom is -0.454 e. The van der Waals surface area contributed by atoms with Crippen molar-refractivity contribution in [2.75, 3.05) is 12.1 Å². The van der Waals surface area contributed by atoms with Crippen molar-refractivity contribution < 1.29 is 14.3 Å². The highest BCUT2D eigenvalue weighted by Gasteiger charge is 2.12. The van der Waals surface area contributed by atoms with Gasteiger partial charge >= 0.3 is 0 Å². The molecule has 4 rings (SSSR count). The molecule has 2 aromatic heterocycles. The number of nitrogens with zero attached hydrogens (tertiary/aromatic N) is 4. The highest BCUT2D eigenvalue weighted by atomic mass is 16.7. The number of carbonyl (C=O) groups is 1. The number of carbonyl (C=O) groups excluding carboxylic acids is 1. The van der Waals surface area contributed by atoms with Gasteiger partial charge in [0.1, 0.15) is 23.8 Å². The maximum absolute atomic E-state index is 12.2. The van der Waals surface area contributed by atoms with Gasteiger partial charge in [0.25, 0.3) is 0 Å². The molecule has 1 N–H and O–H groups in total. The van der Waals surface area contributed by atoms with Gasteiger partial charge in [-0.1, -0.05) is 6.07 Å². The molecule has 0 saturated carbocycles. The van der Waals surface area contributed by atoms with Crippen molar-refractivity contribution in [3.63, 3.8) is 0 Å². The largest absolute Gasteiger partial charge is 0.454 e. The van der Waals surface area contributed by atoms with Gasteiger partial charge in [0.2, 0.25) is 12.7 Å².